The third-order valence-electron chi connectivity index (χ3n) is 3.27. The predicted molar refractivity (Wildman–Crippen MR) is 78.3 cm³/mol. The number of nitrogens with one attached hydrogen (secondary N) is 1. The first kappa shape index (κ1) is 16.9. The fourth-order valence-corrected chi connectivity index (χ4v) is 1.93. The molecular formula is C15H16F3N3O2. The molecule has 0 bridgehead atoms. The third-order valence-corrected chi connectivity index (χ3v) is 3.27. The summed E-state index contributed by atoms with van der Waals surface area (Å²) in [5.74, 6) is -0.285. The molecule has 23 heavy (non-hydrogen) atoms. The lowest BCUT2D eigenvalue weighted by Gasteiger charge is -2.14. The van der Waals surface area contributed by atoms with E-state index in [2.05, 4.69) is 15.2 Å². The summed E-state index contributed by atoms with van der Waals surface area (Å²) in [6, 6.07) is 6.48. The van der Waals surface area contributed by atoms with Crippen LogP contribution in [0.25, 0.3) is 0 Å². The SMILES string of the molecule is CCC(C)n1nccc1NC(=O)c1ccc(OC(F)(F)F)cc1. The van der Waals surface area contributed by atoms with Crippen molar-refractivity contribution in [3.63, 3.8) is 0 Å². The van der Waals surface area contributed by atoms with Gasteiger partial charge in [-0.3, -0.25) is 4.79 Å². The number of hydrogen-bond acceptors (Lipinski definition) is 3. The zero-order valence-corrected chi connectivity index (χ0v) is 12.6. The van der Waals surface area contributed by atoms with Crippen LogP contribution in [-0.4, -0.2) is 22.1 Å². The van der Waals surface area contributed by atoms with Crippen molar-refractivity contribution in [3.05, 3.63) is 42.1 Å². The van der Waals surface area contributed by atoms with Crippen molar-refractivity contribution in [3.8, 4) is 5.75 Å². The molecule has 1 amide bonds. The molecule has 1 unspecified atom stereocenters. The molecule has 0 saturated heterocycles. The number of carbonyl (C=O) groups excluding carboxylic acids is 1. The summed E-state index contributed by atoms with van der Waals surface area (Å²) in [6.07, 6.45) is -2.34. The van der Waals surface area contributed by atoms with Crippen molar-refractivity contribution in [2.24, 2.45) is 0 Å². The minimum Gasteiger partial charge on any atom is -0.406 e. The van der Waals surface area contributed by atoms with Gasteiger partial charge in [0, 0.05) is 11.6 Å². The first-order valence-electron chi connectivity index (χ1n) is 7.01. The molecule has 0 aliphatic carbocycles. The molecule has 0 saturated carbocycles. The summed E-state index contributed by atoms with van der Waals surface area (Å²) in [5, 5.41) is 6.83. The van der Waals surface area contributed by atoms with Gasteiger partial charge in [0.15, 0.2) is 0 Å². The highest BCUT2D eigenvalue weighted by atomic mass is 19.4. The maximum absolute atomic E-state index is 12.2. The molecule has 0 aliphatic rings. The smallest absolute Gasteiger partial charge is 0.406 e. The quantitative estimate of drug-likeness (QED) is 0.903. The van der Waals surface area contributed by atoms with Gasteiger partial charge in [-0.05, 0) is 37.6 Å². The van der Waals surface area contributed by atoms with E-state index in [0.29, 0.717) is 5.82 Å². The molecule has 8 heteroatoms. The highest BCUT2D eigenvalue weighted by Crippen LogP contribution is 2.23. The van der Waals surface area contributed by atoms with Crippen LogP contribution in [0.1, 0.15) is 36.7 Å². The second kappa shape index (κ2) is 6.72. The number of aromatic nitrogens is 2. The molecule has 1 heterocycles. The number of amides is 1. The molecule has 0 spiro atoms. The Morgan fingerprint density at radius 2 is 1.96 bits per heavy atom. The molecule has 2 aromatic rings. The van der Waals surface area contributed by atoms with Crippen LogP contribution in [0.15, 0.2) is 36.5 Å². The summed E-state index contributed by atoms with van der Waals surface area (Å²) in [6.45, 7) is 3.96. The van der Waals surface area contributed by atoms with Crippen LogP contribution in [0.4, 0.5) is 19.0 Å². The average Bonchev–Trinajstić information content (AvgIpc) is 2.93. The van der Waals surface area contributed by atoms with E-state index in [9.17, 15) is 18.0 Å². The molecule has 0 aliphatic heterocycles. The molecule has 5 nitrogen and oxygen atoms in total. The number of alkyl halides is 3. The van der Waals surface area contributed by atoms with Gasteiger partial charge in [0.25, 0.3) is 5.91 Å². The number of halogens is 3. The van der Waals surface area contributed by atoms with Gasteiger partial charge in [0.1, 0.15) is 11.6 Å². The Bertz CT molecular complexity index is 665. The number of nitrogens with zero attached hydrogens (tertiary/aromatic N) is 2. The van der Waals surface area contributed by atoms with Crippen molar-refractivity contribution in [2.75, 3.05) is 5.32 Å². The van der Waals surface area contributed by atoms with Crippen molar-refractivity contribution in [1.82, 2.24) is 9.78 Å². The fourth-order valence-electron chi connectivity index (χ4n) is 1.93. The van der Waals surface area contributed by atoms with Crippen LogP contribution < -0.4 is 10.1 Å². The van der Waals surface area contributed by atoms with Crippen molar-refractivity contribution >= 4 is 11.7 Å². The molecule has 0 fully saturated rings. The Kier molecular flexibility index (Phi) is 4.92. The molecular weight excluding hydrogens is 311 g/mol. The Morgan fingerprint density at radius 3 is 2.52 bits per heavy atom. The minimum atomic E-state index is -4.76. The van der Waals surface area contributed by atoms with Gasteiger partial charge in [-0.15, -0.1) is 13.2 Å². The molecule has 0 radical (unpaired) electrons. The van der Waals surface area contributed by atoms with Gasteiger partial charge in [-0.2, -0.15) is 5.10 Å². The number of ether oxygens (including phenoxy) is 1. The van der Waals surface area contributed by atoms with Crippen LogP contribution in [-0.2, 0) is 0 Å². The Balaban J connectivity index is 2.08. The van der Waals surface area contributed by atoms with Crippen LogP contribution in [0.2, 0.25) is 0 Å². The minimum absolute atomic E-state index is 0.114. The Hall–Kier alpha value is -2.51. The lowest BCUT2D eigenvalue weighted by molar-refractivity contribution is -0.274. The zero-order valence-electron chi connectivity index (χ0n) is 12.6. The van der Waals surface area contributed by atoms with Crippen LogP contribution in [0.3, 0.4) is 0 Å². The largest absolute Gasteiger partial charge is 0.573 e. The van der Waals surface area contributed by atoms with Gasteiger partial charge >= 0.3 is 6.36 Å². The predicted octanol–water partition coefficient (Wildman–Crippen LogP) is 4.01. The van der Waals surface area contributed by atoms with E-state index in [1.54, 1.807) is 16.9 Å². The number of rotatable bonds is 5. The molecule has 1 aromatic carbocycles. The van der Waals surface area contributed by atoms with Gasteiger partial charge in [0.2, 0.25) is 0 Å². The Morgan fingerprint density at radius 1 is 1.30 bits per heavy atom. The average molecular weight is 327 g/mol. The van der Waals surface area contributed by atoms with E-state index >= 15 is 0 Å². The summed E-state index contributed by atoms with van der Waals surface area (Å²) in [5.41, 5.74) is 0.219. The highest BCUT2D eigenvalue weighted by Gasteiger charge is 2.31. The van der Waals surface area contributed by atoms with Gasteiger partial charge in [-0.25, -0.2) is 4.68 Å². The number of benzene rings is 1. The summed E-state index contributed by atoms with van der Waals surface area (Å²) >= 11 is 0. The summed E-state index contributed by atoms with van der Waals surface area (Å²) in [4.78, 5) is 12.2. The molecule has 124 valence electrons. The standard InChI is InChI=1S/C15H16F3N3O2/c1-3-10(2)21-13(8-9-19-21)20-14(22)11-4-6-12(7-5-11)23-15(16,17)18/h4-10H,3H2,1-2H3,(H,20,22). The van der Waals surface area contributed by atoms with E-state index in [0.717, 1.165) is 18.6 Å². The van der Waals surface area contributed by atoms with Crippen molar-refractivity contribution in [1.29, 1.82) is 0 Å². The van der Waals surface area contributed by atoms with Crippen LogP contribution >= 0.6 is 0 Å². The zero-order chi connectivity index (χ0) is 17.0. The number of hydrogen-bond donors (Lipinski definition) is 1. The normalized spacial score (nSPS) is 12.7. The fraction of sp³-hybridized carbons (Fsp3) is 0.333. The third kappa shape index (κ3) is 4.48. The highest BCUT2D eigenvalue weighted by molar-refractivity contribution is 6.03. The van der Waals surface area contributed by atoms with Gasteiger partial charge in [-0.1, -0.05) is 6.92 Å². The van der Waals surface area contributed by atoms with Gasteiger partial charge < -0.3 is 10.1 Å². The van der Waals surface area contributed by atoms with E-state index in [4.69, 9.17) is 0 Å². The molecule has 1 N–H and O–H groups in total. The first-order chi connectivity index (χ1) is 10.8. The molecule has 1 aromatic heterocycles. The summed E-state index contributed by atoms with van der Waals surface area (Å²) in [7, 11) is 0. The molecule has 1 atom stereocenters. The summed E-state index contributed by atoms with van der Waals surface area (Å²) < 4.78 is 41.7. The Labute approximate surface area is 131 Å². The number of anilines is 1. The van der Waals surface area contributed by atoms with E-state index < -0.39 is 12.3 Å². The van der Waals surface area contributed by atoms with Gasteiger partial charge in [0.05, 0.1) is 12.2 Å². The lowest BCUT2D eigenvalue weighted by atomic mass is 10.2. The number of carbonyl (C=O) groups is 1. The van der Waals surface area contributed by atoms with Crippen molar-refractivity contribution in [2.45, 2.75) is 32.7 Å². The second-order valence-electron chi connectivity index (χ2n) is 4.94. The topological polar surface area (TPSA) is 56.2 Å². The van der Waals surface area contributed by atoms with Crippen LogP contribution in [0.5, 0.6) is 5.75 Å². The van der Waals surface area contributed by atoms with E-state index in [1.807, 2.05) is 13.8 Å². The van der Waals surface area contributed by atoms with E-state index in [-0.39, 0.29) is 17.4 Å². The first-order valence-corrected chi connectivity index (χ1v) is 7.01. The maximum Gasteiger partial charge on any atom is 0.573 e. The monoisotopic (exact) mass is 327 g/mol. The van der Waals surface area contributed by atoms with Crippen LogP contribution in [0, 0.1) is 0 Å². The maximum atomic E-state index is 12.2. The lowest BCUT2D eigenvalue weighted by Crippen LogP contribution is -2.18. The second-order valence-corrected chi connectivity index (χ2v) is 4.94. The molecule has 2 rings (SSSR count). The van der Waals surface area contributed by atoms with Crippen molar-refractivity contribution < 1.29 is 22.7 Å². The van der Waals surface area contributed by atoms with E-state index in [1.165, 1.54) is 12.1 Å².